The van der Waals surface area contributed by atoms with Crippen molar-refractivity contribution in [2.75, 3.05) is 20.8 Å². The van der Waals surface area contributed by atoms with Gasteiger partial charge in [0.1, 0.15) is 11.5 Å². The number of rotatable bonds is 7. The minimum atomic E-state index is -0.824. The molecule has 0 aliphatic carbocycles. The zero-order valence-electron chi connectivity index (χ0n) is 19.5. The minimum Gasteiger partial charge on any atom is -0.497 e. The topological polar surface area (TPSA) is 82.1 Å². The normalized spacial score (nSPS) is 10.3. The number of hydrogen-bond acceptors (Lipinski definition) is 5. The van der Waals surface area contributed by atoms with Crippen LogP contribution in [0.15, 0.2) is 72.8 Å². The molecule has 0 aromatic heterocycles. The minimum absolute atomic E-state index is 0.0322. The number of fused-ring (bicyclic) bond motifs is 2. The highest BCUT2D eigenvalue weighted by Gasteiger charge is 2.08. The Morgan fingerprint density at radius 1 is 0.735 bits per heavy atom. The van der Waals surface area contributed by atoms with E-state index in [1.54, 1.807) is 14.2 Å². The molecule has 4 aromatic rings. The summed E-state index contributed by atoms with van der Waals surface area (Å²) < 4.78 is 15.3. The lowest BCUT2D eigenvalue weighted by Gasteiger charge is -2.08. The first-order valence-corrected chi connectivity index (χ1v) is 10.9. The third kappa shape index (κ3) is 6.25. The lowest BCUT2D eigenvalue weighted by atomic mass is 10.0. The molecule has 0 saturated heterocycles. The second-order valence-corrected chi connectivity index (χ2v) is 7.56. The molecule has 0 radical (unpaired) electrons. The third-order valence-electron chi connectivity index (χ3n) is 5.34. The van der Waals surface area contributed by atoms with Crippen LogP contribution in [0.3, 0.4) is 0 Å². The van der Waals surface area contributed by atoms with Crippen LogP contribution in [0.2, 0.25) is 0 Å². The quantitative estimate of drug-likeness (QED) is 0.371. The van der Waals surface area contributed by atoms with Gasteiger partial charge in [0.05, 0.1) is 33.7 Å². The number of carbonyl (C=O) groups is 2. The standard InChI is InChI=1S/C15H16O3.C13H12O3/c1-3-18-15(16)9-12-6-4-5-11-7-8-13(17-2)10-14(11)12;1-16-11-6-5-9-3-2-4-10(7-13(14)15)12(9)8-11/h4-8,10H,3,9H2,1-2H3;2-6,8H,7H2,1H3,(H,14,15). The summed E-state index contributed by atoms with van der Waals surface area (Å²) in [7, 11) is 3.23. The van der Waals surface area contributed by atoms with E-state index in [9.17, 15) is 9.59 Å². The monoisotopic (exact) mass is 460 g/mol. The van der Waals surface area contributed by atoms with Crippen LogP contribution in [0.1, 0.15) is 18.1 Å². The molecule has 0 bridgehead atoms. The number of carboxylic acid groups (broad SMARTS) is 1. The molecule has 4 rings (SSSR count). The second-order valence-electron chi connectivity index (χ2n) is 7.56. The first-order chi connectivity index (χ1) is 16.4. The van der Waals surface area contributed by atoms with Gasteiger partial charge in [0.2, 0.25) is 0 Å². The molecule has 4 aromatic carbocycles. The van der Waals surface area contributed by atoms with Gasteiger partial charge in [-0.1, -0.05) is 48.5 Å². The van der Waals surface area contributed by atoms with E-state index in [1.165, 1.54) is 0 Å². The van der Waals surface area contributed by atoms with E-state index in [-0.39, 0.29) is 12.4 Å². The average molecular weight is 461 g/mol. The van der Waals surface area contributed by atoms with E-state index in [0.717, 1.165) is 44.2 Å². The summed E-state index contributed by atoms with van der Waals surface area (Å²) >= 11 is 0. The highest BCUT2D eigenvalue weighted by molar-refractivity contribution is 5.90. The summed E-state index contributed by atoms with van der Waals surface area (Å²) in [6.07, 6.45) is 0.322. The fraction of sp³-hybridized carbons (Fsp3) is 0.214. The maximum Gasteiger partial charge on any atom is 0.310 e. The molecule has 0 unspecified atom stereocenters. The Morgan fingerprint density at radius 3 is 1.68 bits per heavy atom. The predicted octanol–water partition coefficient (Wildman–Crippen LogP) is 5.43. The van der Waals surface area contributed by atoms with Crippen molar-refractivity contribution in [3.63, 3.8) is 0 Å². The average Bonchev–Trinajstić information content (AvgIpc) is 2.84. The van der Waals surface area contributed by atoms with Gasteiger partial charge in [-0.05, 0) is 63.9 Å². The summed E-state index contributed by atoms with van der Waals surface area (Å²) in [5, 5.41) is 12.9. The summed E-state index contributed by atoms with van der Waals surface area (Å²) in [5.74, 6) is 0.507. The maximum atomic E-state index is 11.6. The number of hydrogen-bond donors (Lipinski definition) is 1. The zero-order valence-corrected chi connectivity index (χ0v) is 19.5. The first-order valence-electron chi connectivity index (χ1n) is 10.9. The molecule has 6 nitrogen and oxygen atoms in total. The van der Waals surface area contributed by atoms with Crippen molar-refractivity contribution >= 4 is 33.5 Å². The van der Waals surface area contributed by atoms with Crippen molar-refractivity contribution in [3.8, 4) is 11.5 Å². The summed E-state index contributed by atoms with van der Waals surface area (Å²) in [4.78, 5) is 22.3. The van der Waals surface area contributed by atoms with E-state index in [1.807, 2.05) is 79.7 Å². The molecule has 1 N–H and O–H groups in total. The molecule has 6 heteroatoms. The van der Waals surface area contributed by atoms with Crippen molar-refractivity contribution in [1.82, 2.24) is 0 Å². The lowest BCUT2D eigenvalue weighted by molar-refractivity contribution is -0.142. The second kappa shape index (κ2) is 11.7. The Hall–Kier alpha value is -4.06. The molecule has 0 aliphatic rings. The summed E-state index contributed by atoms with van der Waals surface area (Å²) in [5.41, 5.74) is 1.77. The Kier molecular flexibility index (Phi) is 8.46. The van der Waals surface area contributed by atoms with Gasteiger partial charge in [0.15, 0.2) is 0 Å². The molecule has 0 spiro atoms. The largest absolute Gasteiger partial charge is 0.497 e. The molecule has 176 valence electrons. The van der Waals surface area contributed by atoms with Gasteiger partial charge >= 0.3 is 11.9 Å². The van der Waals surface area contributed by atoms with Crippen molar-refractivity contribution in [2.24, 2.45) is 0 Å². The third-order valence-corrected chi connectivity index (χ3v) is 5.34. The number of aliphatic carboxylic acids is 1. The maximum absolute atomic E-state index is 11.6. The highest BCUT2D eigenvalue weighted by atomic mass is 16.5. The number of ether oxygens (including phenoxy) is 3. The summed E-state index contributed by atoms with van der Waals surface area (Å²) in [6.45, 7) is 2.22. The molecule has 0 fully saturated rings. The number of carbonyl (C=O) groups excluding carboxylic acids is 1. The molecular weight excluding hydrogens is 432 g/mol. The fourth-order valence-electron chi connectivity index (χ4n) is 3.73. The van der Waals surface area contributed by atoms with Crippen LogP contribution in [-0.4, -0.2) is 37.9 Å². The van der Waals surface area contributed by atoms with E-state index >= 15 is 0 Å². The van der Waals surface area contributed by atoms with Crippen LogP contribution >= 0.6 is 0 Å². The van der Waals surface area contributed by atoms with Gasteiger partial charge < -0.3 is 19.3 Å². The molecule has 0 saturated carbocycles. The highest BCUT2D eigenvalue weighted by Crippen LogP contribution is 2.25. The Bertz CT molecular complexity index is 1290. The fourth-order valence-corrected chi connectivity index (χ4v) is 3.73. The van der Waals surface area contributed by atoms with Crippen molar-refractivity contribution in [2.45, 2.75) is 19.8 Å². The predicted molar refractivity (Wildman–Crippen MR) is 133 cm³/mol. The van der Waals surface area contributed by atoms with E-state index in [2.05, 4.69) is 0 Å². The summed E-state index contributed by atoms with van der Waals surface area (Å²) in [6, 6.07) is 23.1. The zero-order chi connectivity index (χ0) is 24.5. The first kappa shape index (κ1) is 24.6. The smallest absolute Gasteiger partial charge is 0.310 e. The van der Waals surface area contributed by atoms with E-state index in [0.29, 0.717) is 13.0 Å². The van der Waals surface area contributed by atoms with Crippen LogP contribution < -0.4 is 9.47 Å². The van der Waals surface area contributed by atoms with Crippen molar-refractivity contribution in [1.29, 1.82) is 0 Å². The van der Waals surface area contributed by atoms with Gasteiger partial charge in [-0.3, -0.25) is 9.59 Å². The van der Waals surface area contributed by atoms with E-state index < -0.39 is 5.97 Å². The molecule has 0 atom stereocenters. The molecule has 0 heterocycles. The van der Waals surface area contributed by atoms with Crippen LogP contribution in [0, 0.1) is 0 Å². The Balaban J connectivity index is 0.000000192. The van der Waals surface area contributed by atoms with Crippen LogP contribution in [0.4, 0.5) is 0 Å². The Morgan fingerprint density at radius 2 is 1.24 bits per heavy atom. The molecule has 34 heavy (non-hydrogen) atoms. The molecule has 0 amide bonds. The number of methoxy groups -OCH3 is 2. The SMILES string of the molecule is CCOC(=O)Cc1cccc2ccc(OC)cc12.COc1ccc2cccc(CC(=O)O)c2c1. The number of carboxylic acids is 1. The number of benzene rings is 4. The van der Waals surface area contributed by atoms with Crippen molar-refractivity contribution < 1.29 is 28.9 Å². The van der Waals surface area contributed by atoms with Crippen LogP contribution in [0.5, 0.6) is 11.5 Å². The van der Waals surface area contributed by atoms with Gasteiger partial charge in [0, 0.05) is 0 Å². The van der Waals surface area contributed by atoms with Crippen LogP contribution in [-0.2, 0) is 27.2 Å². The van der Waals surface area contributed by atoms with E-state index in [4.69, 9.17) is 19.3 Å². The van der Waals surface area contributed by atoms with Gasteiger partial charge in [-0.15, -0.1) is 0 Å². The van der Waals surface area contributed by atoms with Gasteiger partial charge in [-0.2, -0.15) is 0 Å². The Labute approximate surface area is 198 Å². The molecule has 0 aliphatic heterocycles. The lowest BCUT2D eigenvalue weighted by Crippen LogP contribution is -2.07. The van der Waals surface area contributed by atoms with Crippen LogP contribution in [0.25, 0.3) is 21.5 Å². The van der Waals surface area contributed by atoms with Crippen molar-refractivity contribution in [3.05, 3.63) is 83.9 Å². The van der Waals surface area contributed by atoms with Gasteiger partial charge in [0.25, 0.3) is 0 Å². The molecular formula is C28H28O6. The number of esters is 1. The van der Waals surface area contributed by atoms with Gasteiger partial charge in [-0.25, -0.2) is 0 Å².